The zero-order chi connectivity index (χ0) is 20.5. The Hall–Kier alpha value is -3.39. The Morgan fingerprint density at radius 3 is 2.52 bits per heavy atom. The number of aromatic nitrogens is 2. The van der Waals surface area contributed by atoms with Gasteiger partial charge in [-0.25, -0.2) is 13.5 Å². The van der Waals surface area contributed by atoms with E-state index in [2.05, 4.69) is 10.1 Å². The summed E-state index contributed by atoms with van der Waals surface area (Å²) in [5.74, 6) is -0.450. The molecule has 0 amide bonds. The number of alkyl halides is 1. The standard InChI is InChI=1S/C20H17ClF2N6/c21-20-26-9-18(24)19(25)28(20)10-12-5-13(7-16(23)6-12)14-8-27-29(11-14)17-3-1-15(22)2-4-17/h1-9,11,20H,10,24-25H2. The summed E-state index contributed by atoms with van der Waals surface area (Å²) in [7, 11) is 0. The predicted octanol–water partition coefficient (Wildman–Crippen LogP) is 3.31. The normalized spacial score (nSPS) is 16.5. The van der Waals surface area contributed by atoms with Gasteiger partial charge in [-0.15, -0.1) is 0 Å². The minimum Gasteiger partial charge on any atom is -0.395 e. The minimum atomic E-state index is -0.727. The molecule has 1 aliphatic rings. The van der Waals surface area contributed by atoms with Crippen molar-refractivity contribution in [3.63, 3.8) is 0 Å². The molecule has 9 heteroatoms. The number of aliphatic imine (C=N–C) groups is 1. The van der Waals surface area contributed by atoms with E-state index in [0.717, 1.165) is 0 Å². The zero-order valence-electron chi connectivity index (χ0n) is 15.1. The van der Waals surface area contributed by atoms with E-state index in [1.54, 1.807) is 34.1 Å². The van der Waals surface area contributed by atoms with Crippen LogP contribution in [0.15, 0.2) is 71.4 Å². The Kier molecular flexibility index (Phi) is 4.94. The first-order valence-corrected chi connectivity index (χ1v) is 9.14. The molecule has 0 spiro atoms. The summed E-state index contributed by atoms with van der Waals surface area (Å²) >= 11 is 6.20. The molecule has 0 bridgehead atoms. The smallest absolute Gasteiger partial charge is 0.199 e. The van der Waals surface area contributed by atoms with Crippen LogP contribution in [0, 0.1) is 11.6 Å². The number of nitrogens with zero attached hydrogens (tertiary/aromatic N) is 4. The summed E-state index contributed by atoms with van der Waals surface area (Å²) in [6.45, 7) is 0.231. The summed E-state index contributed by atoms with van der Waals surface area (Å²) in [4.78, 5) is 5.64. The van der Waals surface area contributed by atoms with Crippen LogP contribution in [0.4, 0.5) is 8.78 Å². The van der Waals surface area contributed by atoms with Gasteiger partial charge in [-0.1, -0.05) is 11.6 Å². The van der Waals surface area contributed by atoms with Crippen LogP contribution in [0.2, 0.25) is 0 Å². The van der Waals surface area contributed by atoms with Gasteiger partial charge in [0.05, 0.1) is 23.8 Å². The molecule has 2 aromatic carbocycles. The van der Waals surface area contributed by atoms with Gasteiger partial charge in [-0.3, -0.25) is 4.99 Å². The highest BCUT2D eigenvalue weighted by atomic mass is 35.5. The Morgan fingerprint density at radius 2 is 1.76 bits per heavy atom. The second kappa shape index (κ2) is 7.56. The summed E-state index contributed by atoms with van der Waals surface area (Å²) in [6, 6.07) is 10.6. The number of allylic oxidation sites excluding steroid dienone is 1. The fourth-order valence-corrected chi connectivity index (χ4v) is 3.27. The van der Waals surface area contributed by atoms with E-state index < -0.39 is 11.4 Å². The summed E-state index contributed by atoms with van der Waals surface area (Å²) in [5.41, 5.74) is 14.1. The molecule has 148 valence electrons. The molecule has 1 aliphatic heterocycles. The van der Waals surface area contributed by atoms with Gasteiger partial charge in [-0.05, 0) is 53.6 Å². The van der Waals surface area contributed by atoms with Gasteiger partial charge in [0.15, 0.2) is 5.62 Å². The van der Waals surface area contributed by atoms with E-state index in [-0.39, 0.29) is 18.2 Å². The summed E-state index contributed by atoms with van der Waals surface area (Å²) in [6.07, 6.45) is 4.77. The lowest BCUT2D eigenvalue weighted by Gasteiger charge is -2.30. The van der Waals surface area contributed by atoms with Crippen LogP contribution >= 0.6 is 11.6 Å². The minimum absolute atomic E-state index is 0.231. The first kappa shape index (κ1) is 18.9. The van der Waals surface area contributed by atoms with Crippen molar-refractivity contribution < 1.29 is 8.78 Å². The molecule has 29 heavy (non-hydrogen) atoms. The van der Waals surface area contributed by atoms with E-state index in [1.807, 2.05) is 6.07 Å². The maximum Gasteiger partial charge on any atom is 0.199 e. The molecule has 0 fully saturated rings. The topological polar surface area (TPSA) is 85.5 Å². The molecule has 0 saturated carbocycles. The first-order valence-electron chi connectivity index (χ1n) is 8.70. The van der Waals surface area contributed by atoms with Gasteiger partial charge >= 0.3 is 0 Å². The quantitative estimate of drug-likeness (QED) is 0.506. The molecule has 6 nitrogen and oxygen atoms in total. The van der Waals surface area contributed by atoms with Crippen molar-refractivity contribution in [2.24, 2.45) is 16.5 Å². The Labute approximate surface area is 170 Å². The number of rotatable bonds is 4. The number of hydrogen-bond donors (Lipinski definition) is 2. The molecule has 0 saturated heterocycles. The molecule has 2 heterocycles. The highest BCUT2D eigenvalue weighted by molar-refractivity contribution is 6.21. The molecular weight excluding hydrogens is 398 g/mol. The second-order valence-electron chi connectivity index (χ2n) is 6.56. The van der Waals surface area contributed by atoms with Crippen LogP contribution in [-0.2, 0) is 6.54 Å². The average Bonchev–Trinajstić information content (AvgIpc) is 3.19. The molecule has 1 unspecified atom stereocenters. The van der Waals surface area contributed by atoms with Crippen molar-refractivity contribution in [1.29, 1.82) is 0 Å². The third-order valence-electron chi connectivity index (χ3n) is 4.52. The fraction of sp³-hybridized carbons (Fsp3) is 0.100. The SMILES string of the molecule is NC1=C(N)N(Cc2cc(F)cc(-c3cnn(-c4ccc(F)cc4)c3)c2)C(Cl)N=C1. The third-order valence-corrected chi connectivity index (χ3v) is 4.86. The van der Waals surface area contributed by atoms with Gasteiger partial charge in [0.1, 0.15) is 17.5 Å². The fourth-order valence-electron chi connectivity index (χ4n) is 3.04. The highest BCUT2D eigenvalue weighted by Gasteiger charge is 2.22. The molecule has 4 rings (SSSR count). The third kappa shape index (κ3) is 3.93. The highest BCUT2D eigenvalue weighted by Crippen LogP contribution is 2.26. The summed E-state index contributed by atoms with van der Waals surface area (Å²) < 4.78 is 29.0. The van der Waals surface area contributed by atoms with Gasteiger partial charge in [-0.2, -0.15) is 5.10 Å². The average molecular weight is 415 g/mol. The van der Waals surface area contributed by atoms with E-state index in [9.17, 15) is 8.78 Å². The second-order valence-corrected chi connectivity index (χ2v) is 6.95. The van der Waals surface area contributed by atoms with Crippen LogP contribution in [0.5, 0.6) is 0 Å². The zero-order valence-corrected chi connectivity index (χ0v) is 15.9. The van der Waals surface area contributed by atoms with Crippen LogP contribution in [0.25, 0.3) is 16.8 Å². The molecule has 1 atom stereocenters. The molecular formula is C20H17ClF2N6. The van der Waals surface area contributed by atoms with Crippen LogP contribution in [-0.4, -0.2) is 26.5 Å². The Bertz CT molecular complexity index is 1110. The van der Waals surface area contributed by atoms with Crippen molar-refractivity contribution in [2.45, 2.75) is 12.2 Å². The van der Waals surface area contributed by atoms with Crippen molar-refractivity contribution in [1.82, 2.24) is 14.7 Å². The maximum atomic E-state index is 14.3. The van der Waals surface area contributed by atoms with Gasteiger partial charge in [0.25, 0.3) is 0 Å². The number of halogens is 3. The molecule has 4 N–H and O–H groups in total. The van der Waals surface area contributed by atoms with Crippen molar-refractivity contribution in [3.05, 3.63) is 83.6 Å². The molecule has 0 radical (unpaired) electrons. The largest absolute Gasteiger partial charge is 0.395 e. The van der Waals surface area contributed by atoms with Gasteiger partial charge in [0.2, 0.25) is 0 Å². The lowest BCUT2D eigenvalue weighted by Crippen LogP contribution is -2.38. The van der Waals surface area contributed by atoms with Crippen LogP contribution in [0.1, 0.15) is 5.56 Å². The van der Waals surface area contributed by atoms with Crippen molar-refractivity contribution in [2.75, 3.05) is 0 Å². The lowest BCUT2D eigenvalue weighted by atomic mass is 10.1. The number of nitrogens with two attached hydrogens (primary N) is 2. The Morgan fingerprint density at radius 1 is 1.00 bits per heavy atom. The van der Waals surface area contributed by atoms with Crippen molar-refractivity contribution >= 4 is 17.8 Å². The van der Waals surface area contributed by atoms with E-state index >= 15 is 0 Å². The van der Waals surface area contributed by atoms with Gasteiger partial charge < -0.3 is 16.4 Å². The Balaban J connectivity index is 1.62. The first-order chi connectivity index (χ1) is 13.9. The summed E-state index contributed by atoms with van der Waals surface area (Å²) in [5, 5.41) is 4.28. The molecule has 3 aromatic rings. The van der Waals surface area contributed by atoms with E-state index in [1.165, 1.54) is 30.5 Å². The van der Waals surface area contributed by atoms with E-state index in [0.29, 0.717) is 28.1 Å². The molecule has 0 aliphatic carbocycles. The van der Waals surface area contributed by atoms with Crippen LogP contribution < -0.4 is 11.5 Å². The van der Waals surface area contributed by atoms with E-state index in [4.69, 9.17) is 23.1 Å². The molecule has 1 aromatic heterocycles. The van der Waals surface area contributed by atoms with Crippen molar-refractivity contribution in [3.8, 4) is 16.8 Å². The number of hydrogen-bond acceptors (Lipinski definition) is 5. The monoisotopic (exact) mass is 414 g/mol. The van der Waals surface area contributed by atoms with Crippen LogP contribution in [0.3, 0.4) is 0 Å². The van der Waals surface area contributed by atoms with Gasteiger partial charge in [0, 0.05) is 18.3 Å². The predicted molar refractivity (Wildman–Crippen MR) is 108 cm³/mol. The number of benzene rings is 2. The maximum absolute atomic E-state index is 14.3. The lowest BCUT2D eigenvalue weighted by molar-refractivity contribution is 0.306.